The first-order valence-electron chi connectivity index (χ1n) is 13.2. The van der Waals surface area contributed by atoms with E-state index >= 15 is 0 Å². The first-order chi connectivity index (χ1) is 19.3. The van der Waals surface area contributed by atoms with E-state index in [-0.39, 0.29) is 36.2 Å². The normalized spacial score (nSPS) is 20.1. The van der Waals surface area contributed by atoms with Gasteiger partial charge in [0.25, 0.3) is 0 Å². The minimum atomic E-state index is -5.19. The zero-order valence-electron chi connectivity index (χ0n) is 22.3. The van der Waals surface area contributed by atoms with E-state index in [4.69, 9.17) is 9.90 Å². The Morgan fingerprint density at radius 3 is 2.37 bits per heavy atom. The highest BCUT2D eigenvalue weighted by Crippen LogP contribution is 2.33. The second-order valence-electron chi connectivity index (χ2n) is 9.86. The average molecular weight is 605 g/mol. The van der Waals surface area contributed by atoms with Crippen LogP contribution in [0.2, 0.25) is 0 Å². The van der Waals surface area contributed by atoms with Crippen molar-refractivity contribution in [3.63, 3.8) is 0 Å². The molecule has 15 heteroatoms. The summed E-state index contributed by atoms with van der Waals surface area (Å²) in [6.45, 7) is 0.504. The number of ketones is 1. The van der Waals surface area contributed by atoms with E-state index in [0.29, 0.717) is 43.0 Å². The van der Waals surface area contributed by atoms with E-state index in [2.05, 4.69) is 21.7 Å². The first-order valence-corrected chi connectivity index (χ1v) is 14.2. The van der Waals surface area contributed by atoms with Crippen LogP contribution >= 0.6 is 11.8 Å². The van der Waals surface area contributed by atoms with E-state index in [9.17, 15) is 37.5 Å². The lowest BCUT2D eigenvalue weighted by atomic mass is 9.93. The second kappa shape index (κ2) is 16.2. The number of fused-ring (bicyclic) bond motifs is 1. The maximum absolute atomic E-state index is 12.4. The molecular weight excluding hydrogens is 569 g/mol. The van der Waals surface area contributed by atoms with E-state index < -0.39 is 24.0 Å². The molecule has 2 heterocycles. The van der Waals surface area contributed by atoms with Crippen molar-refractivity contribution in [1.29, 1.82) is 0 Å². The Bertz CT molecular complexity index is 1070. The topological polar surface area (TPSA) is 192 Å². The van der Waals surface area contributed by atoms with Crippen LogP contribution in [-0.2, 0) is 14.4 Å². The van der Waals surface area contributed by atoms with Crippen molar-refractivity contribution in [1.82, 2.24) is 16.0 Å². The number of halogens is 3. The molecule has 2 fully saturated rings. The number of nitrogens with one attached hydrogen (secondary N) is 3. The fraction of sp³-hybridized carbons (Fsp3) is 0.577. The van der Waals surface area contributed by atoms with Gasteiger partial charge in [0, 0.05) is 36.0 Å². The van der Waals surface area contributed by atoms with Gasteiger partial charge in [0.1, 0.15) is 11.7 Å². The summed E-state index contributed by atoms with van der Waals surface area (Å²) in [6.07, 6.45) is -0.325. The van der Waals surface area contributed by atoms with E-state index in [1.807, 2.05) is 11.8 Å². The van der Waals surface area contributed by atoms with E-state index in [0.717, 1.165) is 30.7 Å². The number of rotatable bonds is 14. The van der Waals surface area contributed by atoms with Crippen LogP contribution in [0, 0.1) is 5.92 Å². The Morgan fingerprint density at radius 2 is 1.76 bits per heavy atom. The van der Waals surface area contributed by atoms with Gasteiger partial charge in [0.2, 0.25) is 5.91 Å². The third kappa shape index (κ3) is 12.0. The molecule has 2 unspecified atom stereocenters. The molecule has 2 aliphatic heterocycles. The molecule has 1 aromatic carbocycles. The van der Waals surface area contributed by atoms with E-state index in [1.54, 1.807) is 24.3 Å². The Balaban J connectivity index is 0.000000745. The number of aliphatic carboxylic acids is 2. The van der Waals surface area contributed by atoms with Gasteiger partial charge >= 0.3 is 18.2 Å². The first kappa shape index (κ1) is 33.9. The number of unbranched alkanes of at least 4 members (excludes halogenated alkanes) is 2. The number of Topliss-reactive ketones (excluding diaryl/α,β-unsaturated/α-hetero) is 1. The van der Waals surface area contributed by atoms with Crippen LogP contribution < -0.4 is 26.8 Å². The van der Waals surface area contributed by atoms with Crippen molar-refractivity contribution in [3.8, 4) is 0 Å². The zero-order chi connectivity index (χ0) is 30.6. The molecule has 0 saturated carbocycles. The molecule has 0 bridgehead atoms. The van der Waals surface area contributed by atoms with Crippen LogP contribution in [0.25, 0.3) is 0 Å². The quantitative estimate of drug-likeness (QED) is 0.119. The summed E-state index contributed by atoms with van der Waals surface area (Å²) in [6, 6.07) is 7.17. The number of carboxylic acid groups (broad SMARTS) is 2. The van der Waals surface area contributed by atoms with Gasteiger partial charge in [-0.25, -0.2) is 4.79 Å². The lowest BCUT2D eigenvalue weighted by Gasteiger charge is -2.16. The smallest absolute Gasteiger partial charge is 0.430 e. The van der Waals surface area contributed by atoms with Gasteiger partial charge in [-0.05, 0) is 49.9 Å². The molecule has 0 spiro atoms. The molecular formula is C26H35F3N4O7S. The van der Waals surface area contributed by atoms with Gasteiger partial charge < -0.3 is 36.7 Å². The fourth-order valence-electron chi connectivity index (χ4n) is 4.45. The summed E-state index contributed by atoms with van der Waals surface area (Å²) < 4.78 is 31.5. The summed E-state index contributed by atoms with van der Waals surface area (Å²) in [5, 5.41) is 27.5. The standard InChI is InChI=1S/C24H34N4O5S.C2HF3O2/c25-17-10-8-15(9-11-17)19(29)13-16(23(31)32)5-3-4-12-26-21(30)7-2-1-6-20-22-18(14-34-20)27-24(33)28-22;3-2(4,5)1(6)7/h8-11,16,18,20,22H,1-7,12-14,25H2,(H,26,30)(H,31,32)(H2,27,28,33);(H,6,7)/t16?,18-,20?,22-;/m0./s1. The number of thioether (sulfide) groups is 1. The molecule has 3 amide bonds. The monoisotopic (exact) mass is 604 g/mol. The van der Waals surface area contributed by atoms with Crippen molar-refractivity contribution in [3.05, 3.63) is 29.8 Å². The van der Waals surface area contributed by atoms with Crippen LogP contribution in [0.5, 0.6) is 0 Å². The van der Waals surface area contributed by atoms with Gasteiger partial charge in [-0.2, -0.15) is 24.9 Å². The second-order valence-corrected chi connectivity index (χ2v) is 11.1. The van der Waals surface area contributed by atoms with E-state index in [1.165, 1.54) is 0 Å². The Labute approximate surface area is 239 Å². The summed E-state index contributed by atoms with van der Waals surface area (Å²) in [5.41, 5.74) is 5.08. The summed E-state index contributed by atoms with van der Waals surface area (Å²) >= 11 is 1.88. The Kier molecular flexibility index (Phi) is 13.4. The van der Waals surface area contributed by atoms with Gasteiger partial charge in [-0.1, -0.05) is 12.8 Å². The number of urea groups is 1. The molecule has 3 rings (SSSR count). The number of benzene rings is 1. The van der Waals surface area contributed by atoms with Gasteiger partial charge in [-0.15, -0.1) is 0 Å². The zero-order valence-corrected chi connectivity index (χ0v) is 23.2. The number of carbonyl (C=O) groups excluding carboxylic acids is 4. The number of quaternary nitrogens is 1. The predicted octanol–water partition coefficient (Wildman–Crippen LogP) is 1.14. The molecule has 4 atom stereocenters. The highest BCUT2D eigenvalue weighted by atomic mass is 32.2. The number of carbonyl (C=O) groups is 5. The summed E-state index contributed by atoms with van der Waals surface area (Å²) in [7, 11) is 0. The predicted molar refractivity (Wildman–Crippen MR) is 141 cm³/mol. The minimum absolute atomic E-state index is 0.00612. The van der Waals surface area contributed by atoms with Crippen molar-refractivity contribution in [2.24, 2.45) is 5.92 Å². The molecule has 228 valence electrons. The van der Waals surface area contributed by atoms with Gasteiger partial charge in [0.15, 0.2) is 5.78 Å². The molecule has 41 heavy (non-hydrogen) atoms. The lowest BCUT2D eigenvalue weighted by molar-refractivity contribution is -0.344. The van der Waals surface area contributed by atoms with Gasteiger partial charge in [0.05, 0.1) is 18.0 Å². The largest absolute Gasteiger partial charge is 0.542 e. The molecule has 7 N–H and O–H groups in total. The Hall–Kier alpha value is -3.33. The van der Waals surface area contributed by atoms with Crippen molar-refractivity contribution >= 4 is 47.1 Å². The number of amides is 3. The van der Waals surface area contributed by atoms with Crippen LogP contribution in [-0.4, -0.2) is 70.6 Å². The SMILES string of the molecule is O=C([O-])C(F)(F)F.[NH3+]c1ccc(C(=O)CC(CCCCNC(=O)CCCCC2SC[C@@H]3NC(=O)N[C@H]23)C(=O)O)cc1. The third-order valence-electron chi connectivity index (χ3n) is 6.67. The van der Waals surface area contributed by atoms with Crippen molar-refractivity contribution < 1.29 is 53.1 Å². The summed E-state index contributed by atoms with van der Waals surface area (Å²) in [4.78, 5) is 56.2. The maximum atomic E-state index is 12.4. The van der Waals surface area contributed by atoms with Crippen LogP contribution in [0.3, 0.4) is 0 Å². The molecule has 2 saturated heterocycles. The average Bonchev–Trinajstić information content (AvgIpc) is 3.44. The minimum Gasteiger partial charge on any atom is -0.542 e. The number of hydrogen-bond donors (Lipinski definition) is 5. The fourth-order valence-corrected chi connectivity index (χ4v) is 5.99. The highest BCUT2D eigenvalue weighted by molar-refractivity contribution is 8.00. The third-order valence-corrected chi connectivity index (χ3v) is 8.18. The number of carboxylic acids is 2. The summed E-state index contributed by atoms with van der Waals surface area (Å²) in [5.74, 6) is -3.94. The van der Waals surface area contributed by atoms with Crippen LogP contribution in [0.4, 0.5) is 23.7 Å². The highest BCUT2D eigenvalue weighted by Gasteiger charge is 2.42. The Morgan fingerprint density at radius 1 is 1.10 bits per heavy atom. The number of hydrogen-bond acceptors (Lipinski definition) is 7. The molecule has 2 aliphatic rings. The molecule has 1 aromatic rings. The molecule has 0 radical (unpaired) electrons. The maximum Gasteiger partial charge on any atom is 0.430 e. The van der Waals surface area contributed by atoms with Crippen LogP contribution in [0.1, 0.15) is 61.7 Å². The molecule has 0 aromatic heterocycles. The van der Waals surface area contributed by atoms with Gasteiger partial charge in [-0.3, -0.25) is 14.4 Å². The van der Waals surface area contributed by atoms with Crippen LogP contribution in [0.15, 0.2) is 24.3 Å². The molecule has 0 aliphatic carbocycles. The lowest BCUT2D eigenvalue weighted by Crippen LogP contribution is -2.39. The van der Waals surface area contributed by atoms with Crippen molar-refractivity contribution in [2.45, 2.75) is 74.9 Å². The number of alkyl halides is 3. The molecule has 11 nitrogen and oxygen atoms in total. The van der Waals surface area contributed by atoms with Crippen molar-refractivity contribution in [2.75, 3.05) is 12.3 Å².